The average molecular weight is 294 g/mol. The van der Waals surface area contributed by atoms with E-state index < -0.39 is 0 Å². The van der Waals surface area contributed by atoms with Crippen molar-refractivity contribution in [1.29, 1.82) is 0 Å². The Morgan fingerprint density at radius 1 is 0.895 bits per heavy atom. The summed E-state index contributed by atoms with van der Waals surface area (Å²) in [5.41, 5.74) is 2.33. The van der Waals surface area contributed by atoms with Crippen LogP contribution in [0.15, 0.2) is 48.5 Å². The Bertz CT molecular complexity index is 540. The number of hydrogen-bond donors (Lipinski definition) is 1. The van der Waals surface area contributed by atoms with Gasteiger partial charge in [0.25, 0.3) is 0 Å². The van der Waals surface area contributed by atoms with Crippen molar-refractivity contribution in [3.05, 3.63) is 69.7 Å². The fourth-order valence-electron chi connectivity index (χ4n) is 2.16. The Kier molecular flexibility index (Phi) is 4.87. The van der Waals surface area contributed by atoms with E-state index >= 15 is 0 Å². The number of benzene rings is 2. The summed E-state index contributed by atoms with van der Waals surface area (Å²) in [4.78, 5) is 0. The minimum Gasteiger partial charge on any atom is -0.304 e. The first-order chi connectivity index (χ1) is 9.08. The zero-order valence-corrected chi connectivity index (χ0v) is 12.5. The maximum Gasteiger partial charge on any atom is 0.0468 e. The first-order valence-corrected chi connectivity index (χ1v) is 7.09. The third kappa shape index (κ3) is 3.73. The lowest BCUT2D eigenvalue weighted by Crippen LogP contribution is -2.22. The fourth-order valence-corrected chi connectivity index (χ4v) is 2.73. The van der Waals surface area contributed by atoms with Crippen molar-refractivity contribution in [3.8, 4) is 0 Å². The van der Waals surface area contributed by atoms with E-state index in [0.717, 1.165) is 5.56 Å². The highest BCUT2D eigenvalue weighted by Gasteiger charge is 2.13. The highest BCUT2D eigenvalue weighted by atomic mass is 35.5. The van der Waals surface area contributed by atoms with E-state index in [2.05, 4.69) is 31.3 Å². The first kappa shape index (κ1) is 14.4. The Balaban J connectivity index is 2.10. The third-order valence-electron chi connectivity index (χ3n) is 3.23. The van der Waals surface area contributed by atoms with Crippen LogP contribution in [-0.2, 0) is 0 Å². The van der Waals surface area contributed by atoms with E-state index in [1.807, 2.05) is 30.3 Å². The maximum atomic E-state index is 6.23. The van der Waals surface area contributed by atoms with Crippen LogP contribution in [0.3, 0.4) is 0 Å². The molecule has 0 amide bonds. The van der Waals surface area contributed by atoms with Crippen LogP contribution in [0.2, 0.25) is 10.0 Å². The van der Waals surface area contributed by atoms with Gasteiger partial charge in [-0.1, -0.05) is 59.6 Å². The minimum absolute atomic E-state index is 0.167. The highest BCUT2D eigenvalue weighted by Crippen LogP contribution is 2.27. The molecule has 2 aromatic rings. The van der Waals surface area contributed by atoms with E-state index in [1.165, 1.54) is 5.56 Å². The van der Waals surface area contributed by atoms with Gasteiger partial charge in [-0.05, 0) is 37.1 Å². The predicted molar refractivity (Wildman–Crippen MR) is 82.9 cm³/mol. The van der Waals surface area contributed by atoms with E-state index in [1.54, 1.807) is 6.07 Å². The van der Waals surface area contributed by atoms with Gasteiger partial charge in [0.15, 0.2) is 0 Å². The molecule has 0 saturated carbocycles. The van der Waals surface area contributed by atoms with Crippen molar-refractivity contribution in [3.63, 3.8) is 0 Å². The average Bonchev–Trinajstić information content (AvgIpc) is 2.39. The summed E-state index contributed by atoms with van der Waals surface area (Å²) in [5, 5.41) is 4.91. The molecule has 0 aliphatic rings. The standard InChI is InChI=1S/C16H17Cl2N/c1-11(13-6-4-3-5-7-13)19-12(2)15-9-8-14(17)10-16(15)18/h3-12,19H,1-2H3/t11-,12?/m0/s1. The maximum absolute atomic E-state index is 6.23. The summed E-state index contributed by atoms with van der Waals surface area (Å²) in [6.45, 7) is 4.25. The summed E-state index contributed by atoms with van der Waals surface area (Å²) in [6.07, 6.45) is 0. The molecule has 100 valence electrons. The van der Waals surface area contributed by atoms with Gasteiger partial charge in [-0.3, -0.25) is 0 Å². The molecule has 1 unspecified atom stereocenters. The number of halogens is 2. The highest BCUT2D eigenvalue weighted by molar-refractivity contribution is 6.35. The third-order valence-corrected chi connectivity index (χ3v) is 3.79. The number of rotatable bonds is 4. The van der Waals surface area contributed by atoms with E-state index in [4.69, 9.17) is 23.2 Å². The van der Waals surface area contributed by atoms with Gasteiger partial charge in [0, 0.05) is 22.1 Å². The van der Waals surface area contributed by atoms with Crippen LogP contribution in [0.25, 0.3) is 0 Å². The molecule has 0 aliphatic heterocycles. The molecule has 3 heteroatoms. The number of nitrogens with one attached hydrogen (secondary N) is 1. The van der Waals surface area contributed by atoms with Gasteiger partial charge >= 0.3 is 0 Å². The van der Waals surface area contributed by atoms with Gasteiger partial charge in [-0.25, -0.2) is 0 Å². The van der Waals surface area contributed by atoms with E-state index in [0.29, 0.717) is 10.0 Å². The van der Waals surface area contributed by atoms with Crippen molar-refractivity contribution < 1.29 is 0 Å². The van der Waals surface area contributed by atoms with Gasteiger partial charge in [-0.15, -0.1) is 0 Å². The van der Waals surface area contributed by atoms with Crippen LogP contribution < -0.4 is 5.32 Å². The lowest BCUT2D eigenvalue weighted by Gasteiger charge is -2.21. The molecule has 19 heavy (non-hydrogen) atoms. The van der Waals surface area contributed by atoms with Crippen LogP contribution in [0.5, 0.6) is 0 Å². The smallest absolute Gasteiger partial charge is 0.0468 e. The second-order valence-corrected chi connectivity index (χ2v) is 5.53. The quantitative estimate of drug-likeness (QED) is 0.795. The molecule has 1 nitrogen and oxygen atoms in total. The van der Waals surface area contributed by atoms with Gasteiger partial charge in [0.2, 0.25) is 0 Å². The molecule has 0 spiro atoms. The summed E-state index contributed by atoms with van der Waals surface area (Å²) < 4.78 is 0. The second-order valence-electron chi connectivity index (χ2n) is 4.69. The summed E-state index contributed by atoms with van der Waals surface area (Å²) >= 11 is 12.1. The molecule has 2 aromatic carbocycles. The molecule has 0 aromatic heterocycles. The monoisotopic (exact) mass is 293 g/mol. The lowest BCUT2D eigenvalue weighted by atomic mass is 10.0. The molecular weight excluding hydrogens is 277 g/mol. The van der Waals surface area contributed by atoms with E-state index in [-0.39, 0.29) is 12.1 Å². The van der Waals surface area contributed by atoms with Crippen LogP contribution in [0, 0.1) is 0 Å². The summed E-state index contributed by atoms with van der Waals surface area (Å²) in [6, 6.07) is 16.4. The normalized spacial score (nSPS) is 14.1. The van der Waals surface area contributed by atoms with Gasteiger partial charge in [0.05, 0.1) is 0 Å². The molecule has 0 bridgehead atoms. The van der Waals surface area contributed by atoms with Gasteiger partial charge in [0.1, 0.15) is 0 Å². The lowest BCUT2D eigenvalue weighted by molar-refractivity contribution is 0.495. The van der Waals surface area contributed by atoms with Crippen molar-refractivity contribution in [2.24, 2.45) is 0 Å². The second kappa shape index (κ2) is 6.42. The zero-order valence-electron chi connectivity index (χ0n) is 11.0. The summed E-state index contributed by atoms with van der Waals surface area (Å²) in [7, 11) is 0. The van der Waals surface area contributed by atoms with Gasteiger partial charge < -0.3 is 5.32 Å². The molecule has 0 radical (unpaired) electrons. The molecule has 0 heterocycles. The first-order valence-electron chi connectivity index (χ1n) is 6.34. The van der Waals surface area contributed by atoms with E-state index in [9.17, 15) is 0 Å². The Morgan fingerprint density at radius 3 is 2.21 bits per heavy atom. The van der Waals surface area contributed by atoms with Crippen LogP contribution >= 0.6 is 23.2 Å². The van der Waals surface area contributed by atoms with Crippen LogP contribution in [0.4, 0.5) is 0 Å². The van der Waals surface area contributed by atoms with Crippen molar-refractivity contribution in [1.82, 2.24) is 5.32 Å². The van der Waals surface area contributed by atoms with Crippen molar-refractivity contribution in [2.45, 2.75) is 25.9 Å². The number of hydrogen-bond acceptors (Lipinski definition) is 1. The Morgan fingerprint density at radius 2 is 1.58 bits per heavy atom. The SMILES string of the molecule is CC(N[C@@H](C)c1ccccc1)c1ccc(Cl)cc1Cl. The topological polar surface area (TPSA) is 12.0 Å². The fraction of sp³-hybridized carbons (Fsp3) is 0.250. The molecule has 0 aliphatic carbocycles. The zero-order chi connectivity index (χ0) is 13.8. The molecule has 0 saturated heterocycles. The van der Waals surface area contributed by atoms with Crippen LogP contribution in [0.1, 0.15) is 37.1 Å². The summed E-state index contributed by atoms with van der Waals surface area (Å²) in [5.74, 6) is 0. The molecule has 1 N–H and O–H groups in total. The molecular formula is C16H17Cl2N. The largest absolute Gasteiger partial charge is 0.304 e. The van der Waals surface area contributed by atoms with Crippen LogP contribution in [-0.4, -0.2) is 0 Å². The Hall–Kier alpha value is -1.02. The van der Waals surface area contributed by atoms with Gasteiger partial charge in [-0.2, -0.15) is 0 Å². The van der Waals surface area contributed by atoms with Crippen molar-refractivity contribution in [2.75, 3.05) is 0 Å². The van der Waals surface area contributed by atoms with Crippen molar-refractivity contribution >= 4 is 23.2 Å². The predicted octanol–water partition coefficient (Wildman–Crippen LogP) is 5.41. The molecule has 0 fully saturated rings. The molecule has 2 rings (SSSR count). The Labute approximate surface area is 124 Å². The minimum atomic E-state index is 0.167. The molecule has 2 atom stereocenters.